The Balaban J connectivity index is 0.00000161. The number of ether oxygens (including phenoxy) is 1. The van der Waals surface area contributed by atoms with Gasteiger partial charge in [0.15, 0.2) is 0 Å². The Bertz CT molecular complexity index is 470. The molecule has 0 saturated heterocycles. The molecule has 21 heavy (non-hydrogen) atoms. The summed E-state index contributed by atoms with van der Waals surface area (Å²) in [5, 5.41) is 3.81. The van der Waals surface area contributed by atoms with Gasteiger partial charge < -0.3 is 10.1 Å². The van der Waals surface area contributed by atoms with Gasteiger partial charge in [0.05, 0.1) is 7.11 Å². The van der Waals surface area contributed by atoms with Crippen LogP contribution in [0, 0.1) is 5.92 Å². The van der Waals surface area contributed by atoms with Gasteiger partial charge in [-0.25, -0.2) is 0 Å². The van der Waals surface area contributed by atoms with Crippen LogP contribution in [0.5, 0.6) is 5.75 Å². The van der Waals surface area contributed by atoms with Crippen molar-refractivity contribution in [1.29, 1.82) is 0 Å². The highest BCUT2D eigenvalue weighted by atomic mass is 35.5. The number of allylic oxidation sites excluding steroid dienone is 1. The topological polar surface area (TPSA) is 21.3 Å². The predicted octanol–water partition coefficient (Wildman–Crippen LogP) is 4.09. The van der Waals surface area contributed by atoms with Crippen molar-refractivity contribution in [2.24, 2.45) is 5.92 Å². The van der Waals surface area contributed by atoms with E-state index in [-0.39, 0.29) is 12.4 Å². The highest BCUT2D eigenvalue weighted by molar-refractivity contribution is 5.85. The van der Waals surface area contributed by atoms with Crippen molar-refractivity contribution < 1.29 is 4.74 Å². The first-order chi connectivity index (χ1) is 9.83. The van der Waals surface area contributed by atoms with E-state index in [0.29, 0.717) is 12.0 Å². The number of nitrogens with one attached hydrogen (secondary N) is 1. The minimum atomic E-state index is 0. The molecule has 0 bridgehead atoms. The molecule has 2 aliphatic carbocycles. The van der Waals surface area contributed by atoms with Gasteiger partial charge in [0.2, 0.25) is 0 Å². The van der Waals surface area contributed by atoms with Crippen LogP contribution in [-0.4, -0.2) is 19.7 Å². The lowest BCUT2D eigenvalue weighted by molar-refractivity contribution is 0.356. The Morgan fingerprint density at radius 3 is 2.81 bits per heavy atom. The molecular weight excluding hydrogens is 282 g/mol. The van der Waals surface area contributed by atoms with Crippen molar-refractivity contribution in [3.05, 3.63) is 42.0 Å². The van der Waals surface area contributed by atoms with Crippen LogP contribution in [0.3, 0.4) is 0 Å². The zero-order valence-electron chi connectivity index (χ0n) is 12.8. The number of halogens is 1. The molecule has 1 aromatic carbocycles. The molecule has 3 heteroatoms. The van der Waals surface area contributed by atoms with Crippen molar-refractivity contribution in [2.75, 3.05) is 13.7 Å². The predicted molar refractivity (Wildman–Crippen MR) is 90.6 cm³/mol. The standard InChI is InChI=1S/C18H25NO.ClH/c1-3-5-15-16(19-12-13-8-9-13)11-10-14-6-4-7-17(20-2)18(14)15;/h3-4,6-7,13,15-16,19H,1,5,8-12H2,2H3;1H/t15-,16+;/m1./s1. The lowest BCUT2D eigenvalue weighted by atomic mass is 9.77. The van der Waals surface area contributed by atoms with Crippen LogP contribution in [0.1, 0.15) is 42.7 Å². The number of hydrogen-bond acceptors (Lipinski definition) is 2. The van der Waals surface area contributed by atoms with Crippen LogP contribution >= 0.6 is 12.4 Å². The summed E-state index contributed by atoms with van der Waals surface area (Å²) in [5.41, 5.74) is 2.87. The molecule has 0 aliphatic heterocycles. The number of hydrogen-bond donors (Lipinski definition) is 1. The zero-order chi connectivity index (χ0) is 13.9. The van der Waals surface area contributed by atoms with E-state index in [0.717, 1.165) is 24.5 Å². The Morgan fingerprint density at radius 1 is 1.33 bits per heavy atom. The van der Waals surface area contributed by atoms with E-state index in [2.05, 4.69) is 36.2 Å². The van der Waals surface area contributed by atoms with Gasteiger partial charge in [-0.1, -0.05) is 18.2 Å². The summed E-state index contributed by atoms with van der Waals surface area (Å²) in [7, 11) is 1.78. The Morgan fingerprint density at radius 2 is 2.14 bits per heavy atom. The third kappa shape index (κ3) is 3.61. The molecule has 2 nitrogen and oxygen atoms in total. The minimum absolute atomic E-state index is 0. The van der Waals surface area contributed by atoms with Crippen LogP contribution in [0.15, 0.2) is 30.9 Å². The number of aryl methyl sites for hydroxylation is 1. The Kier molecular flexibility index (Phi) is 5.72. The van der Waals surface area contributed by atoms with Crippen molar-refractivity contribution in [1.82, 2.24) is 5.32 Å². The molecule has 2 aliphatic rings. The summed E-state index contributed by atoms with van der Waals surface area (Å²) in [6.45, 7) is 5.14. The molecule has 0 amide bonds. The van der Waals surface area contributed by atoms with Gasteiger partial charge in [-0.15, -0.1) is 19.0 Å². The third-order valence-corrected chi connectivity index (χ3v) is 4.74. The zero-order valence-corrected chi connectivity index (χ0v) is 13.6. The molecule has 1 fully saturated rings. The van der Waals surface area contributed by atoms with E-state index in [4.69, 9.17) is 4.74 Å². The molecule has 2 atom stereocenters. The maximum atomic E-state index is 5.61. The summed E-state index contributed by atoms with van der Waals surface area (Å²) in [6.07, 6.45) is 8.28. The van der Waals surface area contributed by atoms with E-state index in [1.54, 1.807) is 7.11 Å². The molecule has 0 heterocycles. The maximum absolute atomic E-state index is 5.61. The Hall–Kier alpha value is -0.990. The molecular formula is C18H26ClNO. The van der Waals surface area contributed by atoms with E-state index in [1.807, 2.05) is 0 Å². The highest BCUT2D eigenvalue weighted by Crippen LogP contribution is 2.40. The largest absolute Gasteiger partial charge is 0.496 e. The second-order valence-corrected chi connectivity index (χ2v) is 6.16. The van der Waals surface area contributed by atoms with Crippen LogP contribution in [0.2, 0.25) is 0 Å². The van der Waals surface area contributed by atoms with Crippen molar-refractivity contribution >= 4 is 12.4 Å². The fourth-order valence-electron chi connectivity index (χ4n) is 3.47. The van der Waals surface area contributed by atoms with Crippen molar-refractivity contribution in [3.8, 4) is 5.75 Å². The summed E-state index contributed by atoms with van der Waals surface area (Å²) in [5.74, 6) is 2.48. The average molecular weight is 308 g/mol. The molecule has 1 N–H and O–H groups in total. The molecule has 116 valence electrons. The first kappa shape index (κ1) is 16.4. The molecule has 0 unspecified atom stereocenters. The van der Waals surface area contributed by atoms with Crippen LogP contribution in [0.25, 0.3) is 0 Å². The van der Waals surface area contributed by atoms with Gasteiger partial charge in [0.1, 0.15) is 5.75 Å². The summed E-state index contributed by atoms with van der Waals surface area (Å²) >= 11 is 0. The quantitative estimate of drug-likeness (QED) is 0.799. The number of benzene rings is 1. The first-order valence-corrected chi connectivity index (χ1v) is 7.83. The third-order valence-electron chi connectivity index (χ3n) is 4.74. The molecule has 1 saturated carbocycles. The van der Waals surface area contributed by atoms with Crippen molar-refractivity contribution in [3.63, 3.8) is 0 Å². The number of methoxy groups -OCH3 is 1. The second-order valence-electron chi connectivity index (χ2n) is 6.16. The average Bonchev–Trinajstić information content (AvgIpc) is 3.30. The van der Waals surface area contributed by atoms with Crippen LogP contribution in [0.4, 0.5) is 0 Å². The van der Waals surface area contributed by atoms with E-state index < -0.39 is 0 Å². The van der Waals surface area contributed by atoms with Crippen molar-refractivity contribution in [2.45, 2.75) is 44.1 Å². The van der Waals surface area contributed by atoms with E-state index >= 15 is 0 Å². The van der Waals surface area contributed by atoms with Crippen LogP contribution in [-0.2, 0) is 6.42 Å². The fourth-order valence-corrected chi connectivity index (χ4v) is 3.47. The second kappa shape index (κ2) is 7.33. The lowest BCUT2D eigenvalue weighted by Crippen LogP contribution is -2.39. The van der Waals surface area contributed by atoms with Crippen LogP contribution < -0.4 is 10.1 Å². The molecule has 3 rings (SSSR count). The fraction of sp³-hybridized carbons (Fsp3) is 0.556. The summed E-state index contributed by atoms with van der Waals surface area (Å²) < 4.78 is 5.61. The summed E-state index contributed by atoms with van der Waals surface area (Å²) in [4.78, 5) is 0. The molecule has 0 radical (unpaired) electrons. The monoisotopic (exact) mass is 307 g/mol. The maximum Gasteiger partial charge on any atom is 0.122 e. The smallest absolute Gasteiger partial charge is 0.122 e. The van der Waals surface area contributed by atoms with Gasteiger partial charge in [-0.3, -0.25) is 0 Å². The molecule has 0 aromatic heterocycles. The highest BCUT2D eigenvalue weighted by Gasteiger charge is 2.32. The molecule has 0 spiro atoms. The van der Waals surface area contributed by atoms with Gasteiger partial charge in [0, 0.05) is 17.5 Å². The van der Waals surface area contributed by atoms with E-state index in [9.17, 15) is 0 Å². The normalized spacial score (nSPS) is 23.9. The SMILES string of the molecule is C=CC[C@H]1c2c(cccc2OC)CC[C@@H]1NCC1CC1.Cl. The molecule has 1 aromatic rings. The minimum Gasteiger partial charge on any atom is -0.496 e. The summed E-state index contributed by atoms with van der Waals surface area (Å²) in [6, 6.07) is 7.03. The van der Waals surface area contributed by atoms with E-state index in [1.165, 1.54) is 36.9 Å². The number of rotatable bonds is 6. The first-order valence-electron chi connectivity index (χ1n) is 7.83. The van der Waals surface area contributed by atoms with Gasteiger partial charge in [-0.2, -0.15) is 0 Å². The lowest BCUT2D eigenvalue weighted by Gasteiger charge is -2.35. The van der Waals surface area contributed by atoms with Gasteiger partial charge in [-0.05, 0) is 56.2 Å². The van der Waals surface area contributed by atoms with Gasteiger partial charge >= 0.3 is 0 Å². The van der Waals surface area contributed by atoms with Gasteiger partial charge in [0.25, 0.3) is 0 Å². The Labute approximate surface area is 134 Å². The number of fused-ring (bicyclic) bond motifs is 1.